The van der Waals surface area contributed by atoms with E-state index in [1.54, 1.807) is 20.8 Å². The zero-order valence-corrected chi connectivity index (χ0v) is 20.3. The number of hydrogen-bond donors (Lipinski definition) is 1. The second kappa shape index (κ2) is 9.74. The number of ketones is 1. The standard InChI is InChI=1S/C23H21N3O6S2/c1-4-31-23(30)20-12(2)18(13(3)25-20)15(27)9-32-17(28)8-26-11-24-21-19(22(26)29)14(10-34-21)16-6-5-7-33-16/h5-7,10-11,25H,4,8-9H2,1-3H3. The molecule has 4 aromatic rings. The lowest BCUT2D eigenvalue weighted by Gasteiger charge is -2.07. The van der Waals surface area contributed by atoms with Crippen molar-refractivity contribution in [2.24, 2.45) is 0 Å². The van der Waals surface area contributed by atoms with Crippen molar-refractivity contribution in [3.63, 3.8) is 0 Å². The second-order valence-corrected chi connectivity index (χ2v) is 9.22. The van der Waals surface area contributed by atoms with Crippen LogP contribution in [0.4, 0.5) is 0 Å². The number of aryl methyl sites for hydroxylation is 1. The van der Waals surface area contributed by atoms with Crippen LogP contribution in [0.25, 0.3) is 20.7 Å². The molecule has 34 heavy (non-hydrogen) atoms. The molecule has 0 aliphatic carbocycles. The van der Waals surface area contributed by atoms with Gasteiger partial charge in [-0.05, 0) is 37.8 Å². The van der Waals surface area contributed by atoms with Gasteiger partial charge in [0.2, 0.25) is 5.78 Å². The molecule has 4 heterocycles. The Morgan fingerprint density at radius 1 is 1.18 bits per heavy atom. The van der Waals surface area contributed by atoms with Crippen LogP contribution in [0.15, 0.2) is 34.0 Å². The number of Topliss-reactive ketones (excluding diaryl/α,β-unsaturated/α-hetero) is 1. The van der Waals surface area contributed by atoms with Crippen LogP contribution in [0.5, 0.6) is 0 Å². The summed E-state index contributed by atoms with van der Waals surface area (Å²) in [5.41, 5.74) is 1.80. The van der Waals surface area contributed by atoms with Crippen molar-refractivity contribution in [1.82, 2.24) is 14.5 Å². The lowest BCUT2D eigenvalue weighted by Crippen LogP contribution is -2.26. The molecule has 4 aromatic heterocycles. The van der Waals surface area contributed by atoms with Crippen LogP contribution in [0.2, 0.25) is 0 Å². The van der Waals surface area contributed by atoms with E-state index in [4.69, 9.17) is 9.47 Å². The van der Waals surface area contributed by atoms with Crippen molar-refractivity contribution in [3.8, 4) is 10.4 Å². The van der Waals surface area contributed by atoms with E-state index in [1.807, 2.05) is 22.9 Å². The number of esters is 2. The van der Waals surface area contributed by atoms with Gasteiger partial charge in [0.1, 0.15) is 17.1 Å². The SMILES string of the molecule is CCOC(=O)c1[nH]c(C)c(C(=O)COC(=O)Cn2cnc3scc(-c4cccs4)c3c2=O)c1C. The smallest absolute Gasteiger partial charge is 0.355 e. The van der Waals surface area contributed by atoms with Crippen LogP contribution < -0.4 is 5.56 Å². The molecule has 0 radical (unpaired) electrons. The Hall–Kier alpha value is -3.57. The van der Waals surface area contributed by atoms with Crippen molar-refractivity contribution in [1.29, 1.82) is 0 Å². The monoisotopic (exact) mass is 499 g/mol. The van der Waals surface area contributed by atoms with Gasteiger partial charge in [0, 0.05) is 27.1 Å². The second-order valence-electron chi connectivity index (χ2n) is 7.41. The van der Waals surface area contributed by atoms with Crippen molar-refractivity contribution in [2.45, 2.75) is 27.3 Å². The molecule has 0 amide bonds. The topological polar surface area (TPSA) is 120 Å². The lowest BCUT2D eigenvalue weighted by atomic mass is 10.1. The van der Waals surface area contributed by atoms with Crippen molar-refractivity contribution < 1.29 is 23.9 Å². The fourth-order valence-corrected chi connectivity index (χ4v) is 5.39. The molecule has 176 valence electrons. The normalized spacial score (nSPS) is 11.0. The van der Waals surface area contributed by atoms with Gasteiger partial charge >= 0.3 is 11.9 Å². The van der Waals surface area contributed by atoms with Gasteiger partial charge in [0.25, 0.3) is 5.56 Å². The third kappa shape index (κ3) is 4.44. The third-order valence-corrected chi connectivity index (χ3v) is 7.00. The first-order chi connectivity index (χ1) is 16.3. The number of rotatable bonds is 8. The van der Waals surface area contributed by atoms with Crippen molar-refractivity contribution >= 4 is 50.6 Å². The van der Waals surface area contributed by atoms with Crippen LogP contribution in [-0.2, 0) is 20.8 Å². The summed E-state index contributed by atoms with van der Waals surface area (Å²) in [5.74, 6) is -1.77. The minimum Gasteiger partial charge on any atom is -0.461 e. The van der Waals surface area contributed by atoms with E-state index < -0.39 is 24.3 Å². The molecule has 0 saturated heterocycles. The van der Waals surface area contributed by atoms with Crippen molar-refractivity contribution in [3.05, 3.63) is 62.1 Å². The minimum absolute atomic E-state index is 0.192. The lowest BCUT2D eigenvalue weighted by molar-refractivity contribution is -0.143. The average Bonchev–Trinajstić information content (AvgIpc) is 3.53. The summed E-state index contributed by atoms with van der Waals surface area (Å²) < 4.78 is 11.3. The van der Waals surface area contributed by atoms with Gasteiger partial charge in [-0.15, -0.1) is 22.7 Å². The molecule has 0 bridgehead atoms. The molecule has 1 N–H and O–H groups in total. The number of ether oxygens (including phenoxy) is 2. The summed E-state index contributed by atoms with van der Waals surface area (Å²) >= 11 is 2.87. The molecule has 0 unspecified atom stereocenters. The number of fused-ring (bicyclic) bond motifs is 1. The number of H-pyrrole nitrogens is 1. The van der Waals surface area contributed by atoms with Gasteiger partial charge in [-0.25, -0.2) is 9.78 Å². The van der Waals surface area contributed by atoms with E-state index in [0.717, 1.165) is 10.4 Å². The summed E-state index contributed by atoms with van der Waals surface area (Å²) in [6.07, 6.45) is 1.30. The van der Waals surface area contributed by atoms with Crippen LogP contribution >= 0.6 is 22.7 Å². The zero-order valence-electron chi connectivity index (χ0n) is 18.7. The summed E-state index contributed by atoms with van der Waals surface area (Å²) in [7, 11) is 0. The quantitative estimate of drug-likeness (QED) is 0.290. The number of thiophene rings is 2. The first-order valence-corrected chi connectivity index (χ1v) is 12.1. The van der Waals surface area contributed by atoms with Gasteiger partial charge in [-0.2, -0.15) is 0 Å². The van der Waals surface area contributed by atoms with Crippen LogP contribution in [0, 0.1) is 13.8 Å². The number of nitrogens with one attached hydrogen (secondary N) is 1. The number of carbonyl (C=O) groups is 3. The molecule has 0 spiro atoms. The summed E-state index contributed by atoms with van der Waals surface area (Å²) in [6.45, 7) is 4.26. The Morgan fingerprint density at radius 2 is 1.97 bits per heavy atom. The Bertz CT molecular complexity index is 1450. The van der Waals surface area contributed by atoms with Gasteiger partial charge in [0.05, 0.1) is 18.3 Å². The van der Waals surface area contributed by atoms with E-state index in [-0.39, 0.29) is 30.0 Å². The molecule has 11 heteroatoms. The van der Waals surface area contributed by atoms with E-state index in [9.17, 15) is 19.2 Å². The highest BCUT2D eigenvalue weighted by atomic mass is 32.1. The molecule has 0 fully saturated rings. The largest absolute Gasteiger partial charge is 0.461 e. The first-order valence-electron chi connectivity index (χ1n) is 10.4. The van der Waals surface area contributed by atoms with Gasteiger partial charge in [-0.3, -0.25) is 19.0 Å². The van der Waals surface area contributed by atoms with E-state index >= 15 is 0 Å². The molecule has 4 rings (SSSR count). The Morgan fingerprint density at radius 3 is 2.68 bits per heavy atom. The Balaban J connectivity index is 1.47. The molecule has 0 aliphatic rings. The fourth-order valence-electron chi connectivity index (χ4n) is 3.67. The molecule has 0 aromatic carbocycles. The molecule has 0 saturated carbocycles. The third-order valence-electron chi connectivity index (χ3n) is 5.21. The molecular weight excluding hydrogens is 478 g/mol. The van der Waals surface area contributed by atoms with Crippen LogP contribution in [0.1, 0.15) is 39.0 Å². The number of hydrogen-bond acceptors (Lipinski definition) is 9. The fraction of sp³-hybridized carbons (Fsp3) is 0.261. The maximum absolute atomic E-state index is 13.0. The van der Waals surface area contributed by atoms with Gasteiger partial charge < -0.3 is 14.5 Å². The predicted octanol–water partition coefficient (Wildman–Crippen LogP) is 3.73. The Kier molecular flexibility index (Phi) is 6.75. The maximum atomic E-state index is 13.0. The Labute approximate surface area is 202 Å². The minimum atomic E-state index is -0.749. The number of aromatic amines is 1. The molecule has 0 atom stereocenters. The van der Waals surface area contributed by atoms with Crippen LogP contribution in [-0.4, -0.2) is 45.5 Å². The number of nitrogens with zero attached hydrogens (tertiary/aromatic N) is 2. The number of carbonyl (C=O) groups excluding carboxylic acids is 3. The maximum Gasteiger partial charge on any atom is 0.355 e. The van der Waals surface area contributed by atoms with Gasteiger partial charge in [-0.1, -0.05) is 6.07 Å². The highest BCUT2D eigenvalue weighted by Crippen LogP contribution is 2.33. The predicted molar refractivity (Wildman–Crippen MR) is 129 cm³/mol. The number of aromatic nitrogens is 3. The molecule has 0 aliphatic heterocycles. The molecule has 9 nitrogen and oxygen atoms in total. The van der Waals surface area contributed by atoms with E-state index in [0.29, 0.717) is 21.5 Å². The average molecular weight is 500 g/mol. The summed E-state index contributed by atoms with van der Waals surface area (Å²) in [4.78, 5) is 58.8. The van der Waals surface area contributed by atoms with Crippen molar-refractivity contribution in [2.75, 3.05) is 13.2 Å². The highest BCUT2D eigenvalue weighted by molar-refractivity contribution is 7.18. The van der Waals surface area contributed by atoms with E-state index in [2.05, 4.69) is 9.97 Å². The summed E-state index contributed by atoms with van der Waals surface area (Å²) in [6, 6.07) is 3.82. The van der Waals surface area contributed by atoms with E-state index in [1.165, 1.54) is 33.6 Å². The van der Waals surface area contributed by atoms with Crippen LogP contribution in [0.3, 0.4) is 0 Å². The highest BCUT2D eigenvalue weighted by Gasteiger charge is 2.24. The zero-order chi connectivity index (χ0) is 24.4. The van der Waals surface area contributed by atoms with Gasteiger partial charge in [0.15, 0.2) is 6.61 Å². The first kappa shape index (κ1) is 23.6. The summed E-state index contributed by atoms with van der Waals surface area (Å²) in [5, 5.41) is 4.24. The molecular formula is C23H21N3O6S2.